The Morgan fingerprint density at radius 3 is 2.43 bits per heavy atom. The van der Waals surface area contributed by atoms with Gasteiger partial charge in [-0.3, -0.25) is 4.79 Å². The quantitative estimate of drug-likeness (QED) is 0.555. The molecule has 0 bridgehead atoms. The zero-order chi connectivity index (χ0) is 11.0. The molecule has 0 radical (unpaired) electrons. The summed E-state index contributed by atoms with van der Waals surface area (Å²) in [5.74, 6) is 0.172. The van der Waals surface area contributed by atoms with Crippen molar-refractivity contribution < 1.29 is 4.79 Å². The molecule has 0 fully saturated rings. The van der Waals surface area contributed by atoms with E-state index in [-0.39, 0.29) is 11.4 Å². The Kier molecular flexibility index (Phi) is 7.24. The highest BCUT2D eigenvalue weighted by molar-refractivity contribution is 9.09. The minimum Gasteiger partial charge on any atom is -0.350 e. The lowest BCUT2D eigenvalue weighted by atomic mass is 10.1. The molecule has 1 N–H and O–H groups in total. The van der Waals surface area contributed by atoms with Gasteiger partial charge >= 0.3 is 0 Å². The van der Waals surface area contributed by atoms with Crippen molar-refractivity contribution >= 4 is 21.8 Å². The van der Waals surface area contributed by atoms with E-state index in [0.29, 0.717) is 6.42 Å². The number of hydrogen-bond donors (Lipinski definition) is 1. The lowest BCUT2D eigenvalue weighted by Gasteiger charge is -2.23. The molecule has 2 nitrogen and oxygen atoms in total. The van der Waals surface area contributed by atoms with Gasteiger partial charge in [-0.15, -0.1) is 0 Å². The summed E-state index contributed by atoms with van der Waals surface area (Å²) in [5, 5.41) is 3.79. The Hall–Kier alpha value is -0.0500. The van der Waals surface area contributed by atoms with Crippen LogP contribution in [0.1, 0.15) is 52.9 Å². The summed E-state index contributed by atoms with van der Waals surface area (Å²) < 4.78 is 0. The Balaban J connectivity index is 3.55. The van der Waals surface area contributed by atoms with Crippen molar-refractivity contribution in [1.29, 1.82) is 0 Å². The van der Waals surface area contributed by atoms with Crippen LogP contribution in [0.5, 0.6) is 0 Å². The molecule has 0 saturated carbocycles. The van der Waals surface area contributed by atoms with Gasteiger partial charge in [0.05, 0.1) is 0 Å². The second kappa shape index (κ2) is 7.27. The average molecular weight is 264 g/mol. The van der Waals surface area contributed by atoms with E-state index < -0.39 is 0 Å². The summed E-state index contributed by atoms with van der Waals surface area (Å²) in [6.45, 7) is 6.21. The third-order valence-electron chi connectivity index (χ3n) is 2.07. The fourth-order valence-electron chi connectivity index (χ4n) is 1.19. The summed E-state index contributed by atoms with van der Waals surface area (Å²) in [6, 6.07) is 0. The summed E-state index contributed by atoms with van der Waals surface area (Å²) in [7, 11) is 0. The fraction of sp³-hybridized carbons (Fsp3) is 0.909. The molecular formula is C11H22BrNO. The van der Waals surface area contributed by atoms with Gasteiger partial charge in [0.2, 0.25) is 5.91 Å². The maximum Gasteiger partial charge on any atom is 0.220 e. The predicted octanol–water partition coefficient (Wildman–Crippen LogP) is 3.25. The molecular weight excluding hydrogens is 242 g/mol. The number of nitrogens with one attached hydrogen (secondary N) is 1. The number of halogens is 1. The molecule has 0 heterocycles. The van der Waals surface area contributed by atoms with Crippen LogP contribution in [0.4, 0.5) is 0 Å². The van der Waals surface area contributed by atoms with E-state index in [1.807, 2.05) is 13.8 Å². The molecule has 0 aliphatic carbocycles. The Morgan fingerprint density at radius 2 is 1.93 bits per heavy atom. The molecule has 0 aliphatic rings. The minimum absolute atomic E-state index is 0.123. The van der Waals surface area contributed by atoms with Gasteiger partial charge in [-0.1, -0.05) is 42.1 Å². The van der Waals surface area contributed by atoms with Crippen molar-refractivity contribution in [2.45, 2.75) is 58.4 Å². The first-order valence-electron chi connectivity index (χ1n) is 5.39. The lowest BCUT2D eigenvalue weighted by molar-refractivity contribution is -0.122. The Morgan fingerprint density at radius 1 is 1.29 bits per heavy atom. The number of alkyl halides is 1. The fourth-order valence-corrected chi connectivity index (χ4v) is 1.33. The number of carbonyl (C=O) groups is 1. The molecule has 14 heavy (non-hydrogen) atoms. The molecule has 0 saturated heterocycles. The smallest absolute Gasteiger partial charge is 0.220 e. The van der Waals surface area contributed by atoms with Crippen LogP contribution in [0.2, 0.25) is 0 Å². The summed E-state index contributed by atoms with van der Waals surface area (Å²) >= 11 is 3.38. The Bertz CT molecular complexity index is 169. The van der Waals surface area contributed by atoms with Gasteiger partial charge in [0.1, 0.15) is 0 Å². The van der Waals surface area contributed by atoms with Crippen molar-refractivity contribution in [1.82, 2.24) is 5.32 Å². The maximum absolute atomic E-state index is 11.4. The predicted molar refractivity (Wildman–Crippen MR) is 64.8 cm³/mol. The molecule has 84 valence electrons. The van der Waals surface area contributed by atoms with Crippen molar-refractivity contribution in [3.8, 4) is 0 Å². The number of amides is 1. The topological polar surface area (TPSA) is 29.1 Å². The van der Waals surface area contributed by atoms with E-state index in [9.17, 15) is 4.79 Å². The standard InChI is InChI=1S/C11H22BrNO/c1-4-5-6-7-8-10(14)13-11(2,3)9-12/h4-9H2,1-3H3,(H,13,14). The van der Waals surface area contributed by atoms with Crippen molar-refractivity contribution in [2.24, 2.45) is 0 Å². The first kappa shape index (κ1) is 13.9. The van der Waals surface area contributed by atoms with Crippen LogP contribution < -0.4 is 5.32 Å². The van der Waals surface area contributed by atoms with Gasteiger partial charge in [0.25, 0.3) is 0 Å². The van der Waals surface area contributed by atoms with Gasteiger partial charge in [0, 0.05) is 17.3 Å². The lowest BCUT2D eigenvalue weighted by Crippen LogP contribution is -2.44. The van der Waals surface area contributed by atoms with E-state index in [4.69, 9.17) is 0 Å². The molecule has 0 aromatic carbocycles. The van der Waals surface area contributed by atoms with E-state index in [1.165, 1.54) is 19.3 Å². The normalized spacial score (nSPS) is 11.4. The zero-order valence-corrected chi connectivity index (χ0v) is 11.1. The Labute approximate surface area is 96.0 Å². The molecule has 0 atom stereocenters. The van der Waals surface area contributed by atoms with Crippen LogP contribution in [0, 0.1) is 0 Å². The molecule has 0 spiro atoms. The average Bonchev–Trinajstić information content (AvgIpc) is 2.12. The number of rotatable bonds is 7. The molecule has 1 amide bonds. The van der Waals surface area contributed by atoms with Gasteiger partial charge < -0.3 is 5.32 Å². The summed E-state index contributed by atoms with van der Waals surface area (Å²) in [6.07, 6.45) is 5.29. The first-order chi connectivity index (χ1) is 6.52. The summed E-state index contributed by atoms with van der Waals surface area (Å²) in [5.41, 5.74) is -0.123. The SMILES string of the molecule is CCCCCCC(=O)NC(C)(C)CBr. The summed E-state index contributed by atoms with van der Waals surface area (Å²) in [4.78, 5) is 11.4. The number of hydrogen-bond acceptors (Lipinski definition) is 1. The second-order valence-electron chi connectivity index (χ2n) is 4.38. The van der Waals surface area contributed by atoms with E-state index >= 15 is 0 Å². The number of unbranched alkanes of at least 4 members (excludes halogenated alkanes) is 3. The first-order valence-corrected chi connectivity index (χ1v) is 6.51. The van der Waals surface area contributed by atoms with Crippen LogP contribution in [-0.2, 0) is 4.79 Å². The van der Waals surface area contributed by atoms with Crippen LogP contribution in [-0.4, -0.2) is 16.8 Å². The van der Waals surface area contributed by atoms with Crippen LogP contribution >= 0.6 is 15.9 Å². The minimum atomic E-state index is -0.123. The maximum atomic E-state index is 11.4. The zero-order valence-electron chi connectivity index (χ0n) is 9.53. The van der Waals surface area contributed by atoms with Crippen molar-refractivity contribution in [3.05, 3.63) is 0 Å². The van der Waals surface area contributed by atoms with Gasteiger partial charge in [0.15, 0.2) is 0 Å². The van der Waals surface area contributed by atoms with E-state index in [1.54, 1.807) is 0 Å². The molecule has 0 aliphatic heterocycles. The monoisotopic (exact) mass is 263 g/mol. The van der Waals surface area contributed by atoms with Gasteiger partial charge in [-0.2, -0.15) is 0 Å². The van der Waals surface area contributed by atoms with Crippen molar-refractivity contribution in [2.75, 3.05) is 5.33 Å². The highest BCUT2D eigenvalue weighted by Gasteiger charge is 2.17. The van der Waals surface area contributed by atoms with Gasteiger partial charge in [-0.25, -0.2) is 0 Å². The molecule has 0 rings (SSSR count). The number of carbonyl (C=O) groups excluding carboxylic acids is 1. The van der Waals surface area contributed by atoms with Gasteiger partial charge in [-0.05, 0) is 20.3 Å². The van der Waals surface area contributed by atoms with E-state index in [0.717, 1.165) is 11.8 Å². The molecule has 0 unspecified atom stereocenters. The highest BCUT2D eigenvalue weighted by Crippen LogP contribution is 2.08. The van der Waals surface area contributed by atoms with Crippen molar-refractivity contribution in [3.63, 3.8) is 0 Å². The van der Waals surface area contributed by atoms with Crippen LogP contribution in [0.15, 0.2) is 0 Å². The van der Waals surface area contributed by atoms with Crippen LogP contribution in [0.25, 0.3) is 0 Å². The van der Waals surface area contributed by atoms with E-state index in [2.05, 4.69) is 28.2 Å². The second-order valence-corrected chi connectivity index (χ2v) is 4.94. The third kappa shape index (κ3) is 7.36. The largest absolute Gasteiger partial charge is 0.350 e. The van der Waals surface area contributed by atoms with Crippen LogP contribution in [0.3, 0.4) is 0 Å². The molecule has 0 aromatic heterocycles. The molecule has 0 aromatic rings. The molecule has 3 heteroatoms. The highest BCUT2D eigenvalue weighted by atomic mass is 79.9. The third-order valence-corrected chi connectivity index (χ3v) is 3.47.